The van der Waals surface area contributed by atoms with Crippen molar-refractivity contribution in [2.45, 2.75) is 37.6 Å². The van der Waals surface area contributed by atoms with E-state index in [0.29, 0.717) is 11.4 Å². The maximum absolute atomic E-state index is 13.4. The van der Waals surface area contributed by atoms with Crippen molar-refractivity contribution in [2.24, 2.45) is 0 Å². The van der Waals surface area contributed by atoms with Gasteiger partial charge in [0, 0.05) is 18.9 Å². The van der Waals surface area contributed by atoms with Gasteiger partial charge in [0.1, 0.15) is 0 Å². The smallest absolute Gasteiger partial charge is 0.243 e. The summed E-state index contributed by atoms with van der Waals surface area (Å²) in [7, 11) is -3.53. The summed E-state index contributed by atoms with van der Waals surface area (Å²) >= 11 is 0. The maximum Gasteiger partial charge on any atom is 0.243 e. The Morgan fingerprint density at radius 2 is 1.82 bits per heavy atom. The van der Waals surface area contributed by atoms with Crippen LogP contribution >= 0.6 is 0 Å². The second-order valence-electron chi connectivity index (χ2n) is 7.36. The fourth-order valence-electron chi connectivity index (χ4n) is 4.04. The molecule has 0 aliphatic carbocycles. The minimum Gasteiger partial charge on any atom is -0.264 e. The largest absolute Gasteiger partial charge is 0.264 e. The molecule has 1 aliphatic heterocycles. The monoisotopic (exact) mass is 392 g/mol. The second kappa shape index (κ2) is 7.49. The van der Waals surface area contributed by atoms with Crippen molar-refractivity contribution >= 4 is 10.0 Å². The zero-order valence-electron chi connectivity index (χ0n) is 16.2. The molecular weight excluding hydrogens is 368 g/mol. The SMILES string of the molecule is Cc1cnccc1-c1cccc(C2CCCN2S(=O)(=O)c2ccccc2C)c1. The van der Waals surface area contributed by atoms with Crippen LogP contribution in [0.2, 0.25) is 0 Å². The van der Waals surface area contributed by atoms with Crippen LogP contribution in [0.3, 0.4) is 0 Å². The minimum absolute atomic E-state index is 0.133. The van der Waals surface area contributed by atoms with Crippen molar-refractivity contribution in [1.29, 1.82) is 0 Å². The molecule has 1 unspecified atom stereocenters. The highest BCUT2D eigenvalue weighted by Crippen LogP contribution is 2.38. The zero-order valence-corrected chi connectivity index (χ0v) is 17.0. The van der Waals surface area contributed by atoms with Gasteiger partial charge in [-0.05, 0) is 72.7 Å². The van der Waals surface area contributed by atoms with E-state index in [1.54, 1.807) is 22.6 Å². The number of hydrogen-bond acceptors (Lipinski definition) is 3. The summed E-state index contributed by atoms with van der Waals surface area (Å²) in [5.74, 6) is 0. The summed E-state index contributed by atoms with van der Waals surface area (Å²) in [5, 5.41) is 0. The van der Waals surface area contributed by atoms with Crippen LogP contribution in [-0.4, -0.2) is 24.3 Å². The third-order valence-electron chi connectivity index (χ3n) is 5.49. The number of pyridine rings is 1. The van der Waals surface area contributed by atoms with Gasteiger partial charge in [0.2, 0.25) is 10.0 Å². The normalized spacial score (nSPS) is 17.7. The van der Waals surface area contributed by atoms with Gasteiger partial charge in [0.15, 0.2) is 0 Å². The summed E-state index contributed by atoms with van der Waals surface area (Å²) in [4.78, 5) is 4.57. The molecule has 4 nitrogen and oxygen atoms in total. The van der Waals surface area contributed by atoms with E-state index in [9.17, 15) is 8.42 Å². The molecule has 28 heavy (non-hydrogen) atoms. The molecule has 0 saturated carbocycles. The second-order valence-corrected chi connectivity index (χ2v) is 9.21. The Morgan fingerprint density at radius 1 is 1.00 bits per heavy atom. The van der Waals surface area contributed by atoms with E-state index in [-0.39, 0.29) is 6.04 Å². The molecule has 4 rings (SSSR count). The van der Waals surface area contributed by atoms with E-state index >= 15 is 0 Å². The van der Waals surface area contributed by atoms with Crippen molar-refractivity contribution in [3.8, 4) is 11.1 Å². The Balaban J connectivity index is 1.73. The van der Waals surface area contributed by atoms with Crippen molar-refractivity contribution < 1.29 is 8.42 Å². The number of sulfonamides is 1. The molecule has 0 bridgehead atoms. The first-order chi connectivity index (χ1) is 13.5. The molecule has 0 radical (unpaired) electrons. The first kappa shape index (κ1) is 18.8. The van der Waals surface area contributed by atoms with Crippen LogP contribution in [-0.2, 0) is 10.0 Å². The van der Waals surface area contributed by atoms with Gasteiger partial charge in [-0.1, -0.05) is 36.4 Å². The quantitative estimate of drug-likeness (QED) is 0.635. The van der Waals surface area contributed by atoms with Gasteiger partial charge in [0.05, 0.1) is 10.9 Å². The molecule has 1 saturated heterocycles. The van der Waals surface area contributed by atoms with Crippen LogP contribution in [0.15, 0.2) is 71.9 Å². The molecular formula is C23H24N2O2S. The molecule has 3 aromatic rings. The fraction of sp³-hybridized carbons (Fsp3) is 0.261. The Morgan fingerprint density at radius 3 is 2.61 bits per heavy atom. The van der Waals surface area contributed by atoms with Crippen molar-refractivity contribution in [2.75, 3.05) is 6.54 Å². The van der Waals surface area contributed by atoms with Gasteiger partial charge >= 0.3 is 0 Å². The zero-order chi connectivity index (χ0) is 19.7. The maximum atomic E-state index is 13.4. The highest BCUT2D eigenvalue weighted by molar-refractivity contribution is 7.89. The van der Waals surface area contributed by atoms with Crippen LogP contribution in [0.5, 0.6) is 0 Å². The average Bonchev–Trinajstić information content (AvgIpc) is 3.19. The molecule has 0 N–H and O–H groups in total. The lowest BCUT2D eigenvalue weighted by Crippen LogP contribution is -2.31. The van der Waals surface area contributed by atoms with Crippen LogP contribution in [0, 0.1) is 13.8 Å². The Bertz CT molecular complexity index is 1110. The summed E-state index contributed by atoms with van der Waals surface area (Å²) in [6.45, 7) is 4.45. The molecule has 5 heteroatoms. The molecule has 1 atom stereocenters. The van der Waals surface area contributed by atoms with Crippen LogP contribution < -0.4 is 0 Å². The third-order valence-corrected chi connectivity index (χ3v) is 7.56. The molecule has 1 aliphatic rings. The van der Waals surface area contributed by atoms with Gasteiger partial charge in [-0.3, -0.25) is 4.98 Å². The Hall–Kier alpha value is -2.50. The molecule has 1 fully saturated rings. The highest BCUT2D eigenvalue weighted by Gasteiger charge is 2.36. The molecule has 2 heterocycles. The lowest BCUT2D eigenvalue weighted by Gasteiger charge is -2.25. The Labute approximate surface area is 166 Å². The van der Waals surface area contributed by atoms with Crippen LogP contribution in [0.4, 0.5) is 0 Å². The van der Waals surface area contributed by atoms with E-state index in [2.05, 4.69) is 17.1 Å². The minimum atomic E-state index is -3.53. The predicted octanol–water partition coefficient (Wildman–Crippen LogP) is 4.89. The van der Waals surface area contributed by atoms with Crippen molar-refractivity contribution in [3.05, 3.63) is 83.7 Å². The Kier molecular flexibility index (Phi) is 5.04. The average molecular weight is 393 g/mol. The van der Waals surface area contributed by atoms with E-state index < -0.39 is 10.0 Å². The first-order valence-corrected chi connectivity index (χ1v) is 11.0. The number of hydrogen-bond donors (Lipinski definition) is 0. The summed E-state index contributed by atoms with van der Waals surface area (Å²) in [5.41, 5.74) is 5.16. The summed E-state index contributed by atoms with van der Waals surface area (Å²) in [6, 6.07) is 17.3. The number of aromatic nitrogens is 1. The van der Waals surface area contributed by atoms with E-state index in [0.717, 1.165) is 40.7 Å². The van der Waals surface area contributed by atoms with E-state index in [4.69, 9.17) is 0 Å². The standard InChI is InChI=1S/C23H24N2O2S/c1-17-7-3-4-11-23(17)28(26,27)25-14-6-10-22(25)20-9-5-8-19(15-20)21-12-13-24-16-18(21)2/h3-5,7-9,11-13,15-16,22H,6,10,14H2,1-2H3. The number of benzene rings is 2. The lowest BCUT2D eigenvalue weighted by atomic mass is 9.97. The molecule has 2 aromatic carbocycles. The van der Waals surface area contributed by atoms with Crippen LogP contribution in [0.25, 0.3) is 11.1 Å². The van der Waals surface area contributed by atoms with Crippen molar-refractivity contribution in [3.63, 3.8) is 0 Å². The number of rotatable bonds is 4. The van der Waals surface area contributed by atoms with Crippen LogP contribution in [0.1, 0.15) is 35.6 Å². The van der Waals surface area contributed by atoms with E-state index in [1.165, 1.54) is 0 Å². The van der Waals surface area contributed by atoms with Gasteiger partial charge in [-0.15, -0.1) is 0 Å². The first-order valence-electron chi connectivity index (χ1n) is 9.57. The summed E-state index contributed by atoms with van der Waals surface area (Å²) < 4.78 is 28.4. The van der Waals surface area contributed by atoms with Gasteiger partial charge in [0.25, 0.3) is 0 Å². The van der Waals surface area contributed by atoms with Gasteiger partial charge in [-0.2, -0.15) is 4.31 Å². The molecule has 144 valence electrons. The van der Waals surface area contributed by atoms with E-state index in [1.807, 2.05) is 50.4 Å². The third kappa shape index (κ3) is 3.36. The fourth-order valence-corrected chi connectivity index (χ4v) is 5.95. The topological polar surface area (TPSA) is 50.3 Å². The number of aryl methyl sites for hydroxylation is 2. The predicted molar refractivity (Wildman–Crippen MR) is 111 cm³/mol. The lowest BCUT2D eigenvalue weighted by molar-refractivity contribution is 0.396. The molecule has 0 amide bonds. The number of nitrogens with zero attached hydrogens (tertiary/aromatic N) is 2. The van der Waals surface area contributed by atoms with Gasteiger partial charge in [-0.25, -0.2) is 8.42 Å². The van der Waals surface area contributed by atoms with Crippen molar-refractivity contribution in [1.82, 2.24) is 9.29 Å². The van der Waals surface area contributed by atoms with Gasteiger partial charge < -0.3 is 0 Å². The molecule has 1 aromatic heterocycles. The highest BCUT2D eigenvalue weighted by atomic mass is 32.2. The molecule has 0 spiro atoms. The summed E-state index contributed by atoms with van der Waals surface area (Å²) in [6.07, 6.45) is 5.35.